The van der Waals surface area contributed by atoms with E-state index in [-0.39, 0.29) is 5.56 Å². The van der Waals surface area contributed by atoms with Gasteiger partial charge >= 0.3 is 12.3 Å². The highest BCUT2D eigenvalue weighted by atomic mass is 35.5. The third-order valence-electron chi connectivity index (χ3n) is 2.64. The summed E-state index contributed by atoms with van der Waals surface area (Å²) in [4.78, 5) is 0. The molecule has 0 aromatic heterocycles. The van der Waals surface area contributed by atoms with Gasteiger partial charge in [0.05, 0.1) is 6.61 Å². The summed E-state index contributed by atoms with van der Waals surface area (Å²) < 4.78 is 55.6. The van der Waals surface area contributed by atoms with Crippen LogP contribution >= 0.6 is 11.6 Å². The molecule has 0 aliphatic carbocycles. The van der Waals surface area contributed by atoms with Crippen molar-refractivity contribution in [3.63, 3.8) is 0 Å². The first kappa shape index (κ1) is 12.5. The van der Waals surface area contributed by atoms with Gasteiger partial charge in [0.1, 0.15) is 11.1 Å². The van der Waals surface area contributed by atoms with Gasteiger partial charge in [-0.2, -0.15) is 8.78 Å². The number of rotatable bonds is 3. The molecule has 0 saturated heterocycles. The molecule has 0 N–H and O–H groups in total. The van der Waals surface area contributed by atoms with Gasteiger partial charge in [-0.25, -0.2) is 8.78 Å². The van der Waals surface area contributed by atoms with Crippen molar-refractivity contribution in [2.24, 2.45) is 0 Å². The molecule has 94 valence electrons. The standard InChI is InChI=1S/C11H9ClF4O/c12-9(11(15,16)10(13)14)7-1-2-8-6(5-7)3-4-17-8/h1-2,5,9-10H,3-4H2. The second-order valence-corrected chi connectivity index (χ2v) is 4.24. The van der Waals surface area contributed by atoms with Gasteiger partial charge in [0.15, 0.2) is 0 Å². The number of ether oxygens (including phenoxy) is 1. The van der Waals surface area contributed by atoms with Crippen molar-refractivity contribution in [1.29, 1.82) is 0 Å². The molecule has 0 fully saturated rings. The maximum absolute atomic E-state index is 13.1. The first-order valence-electron chi connectivity index (χ1n) is 4.98. The van der Waals surface area contributed by atoms with Crippen LogP contribution < -0.4 is 4.74 Å². The summed E-state index contributed by atoms with van der Waals surface area (Å²) in [6.07, 6.45) is -3.21. The van der Waals surface area contributed by atoms with Crippen molar-refractivity contribution in [1.82, 2.24) is 0 Å². The summed E-state index contributed by atoms with van der Waals surface area (Å²) in [7, 11) is 0. The first-order chi connectivity index (χ1) is 7.93. The lowest BCUT2D eigenvalue weighted by Gasteiger charge is -2.21. The van der Waals surface area contributed by atoms with E-state index in [0.29, 0.717) is 18.8 Å². The van der Waals surface area contributed by atoms with Gasteiger partial charge in [0, 0.05) is 6.42 Å². The summed E-state index contributed by atoms with van der Waals surface area (Å²) in [5.74, 6) is -3.65. The van der Waals surface area contributed by atoms with Crippen LogP contribution in [0, 0.1) is 0 Å². The molecule has 0 bridgehead atoms. The van der Waals surface area contributed by atoms with Crippen molar-refractivity contribution in [3.05, 3.63) is 29.3 Å². The maximum atomic E-state index is 13.1. The zero-order valence-corrected chi connectivity index (χ0v) is 9.35. The fourth-order valence-corrected chi connectivity index (χ4v) is 1.93. The Labute approximate surface area is 100 Å². The van der Waals surface area contributed by atoms with Crippen LogP contribution in [0.4, 0.5) is 17.6 Å². The van der Waals surface area contributed by atoms with Crippen molar-refractivity contribution >= 4 is 11.6 Å². The molecule has 0 spiro atoms. The smallest absolute Gasteiger partial charge is 0.327 e. The van der Waals surface area contributed by atoms with Gasteiger partial charge in [-0.3, -0.25) is 0 Å². The molecule has 0 amide bonds. The molecule has 1 aromatic carbocycles. The second-order valence-electron chi connectivity index (χ2n) is 3.80. The Morgan fingerprint density at radius 3 is 2.65 bits per heavy atom. The minimum absolute atomic E-state index is 0.0128. The molecule has 2 rings (SSSR count). The minimum atomic E-state index is -4.24. The highest BCUT2D eigenvalue weighted by molar-refractivity contribution is 6.21. The van der Waals surface area contributed by atoms with Crippen LogP contribution in [0.3, 0.4) is 0 Å². The van der Waals surface area contributed by atoms with Crippen molar-refractivity contribution < 1.29 is 22.3 Å². The zero-order chi connectivity index (χ0) is 12.6. The van der Waals surface area contributed by atoms with Crippen LogP contribution in [0.15, 0.2) is 18.2 Å². The average Bonchev–Trinajstić information content (AvgIpc) is 2.74. The van der Waals surface area contributed by atoms with Crippen LogP contribution in [0.1, 0.15) is 16.5 Å². The van der Waals surface area contributed by atoms with Crippen molar-refractivity contribution in [2.75, 3.05) is 6.61 Å². The second kappa shape index (κ2) is 4.37. The highest BCUT2D eigenvalue weighted by Gasteiger charge is 2.48. The summed E-state index contributed by atoms with van der Waals surface area (Å²) in [5, 5.41) is -2.03. The quantitative estimate of drug-likeness (QED) is 0.598. The van der Waals surface area contributed by atoms with Gasteiger partial charge in [-0.15, -0.1) is 11.6 Å². The number of benzene rings is 1. The minimum Gasteiger partial charge on any atom is -0.493 e. The van der Waals surface area contributed by atoms with E-state index in [1.54, 1.807) is 0 Å². The third-order valence-corrected chi connectivity index (χ3v) is 3.18. The zero-order valence-electron chi connectivity index (χ0n) is 8.60. The molecule has 1 aliphatic rings. The van der Waals surface area contributed by atoms with Gasteiger partial charge < -0.3 is 4.74 Å². The Kier molecular flexibility index (Phi) is 3.21. The normalized spacial score (nSPS) is 16.8. The fourth-order valence-electron chi connectivity index (χ4n) is 1.70. The Morgan fingerprint density at radius 1 is 1.29 bits per heavy atom. The highest BCUT2D eigenvalue weighted by Crippen LogP contribution is 2.42. The summed E-state index contributed by atoms with van der Waals surface area (Å²) in [5.41, 5.74) is 0.708. The molecule has 17 heavy (non-hydrogen) atoms. The molecule has 1 heterocycles. The Hall–Kier alpha value is -0.970. The van der Waals surface area contributed by atoms with E-state index in [0.717, 1.165) is 5.56 Å². The average molecular weight is 269 g/mol. The van der Waals surface area contributed by atoms with Crippen molar-refractivity contribution in [3.8, 4) is 5.75 Å². The number of halogens is 5. The predicted molar refractivity (Wildman–Crippen MR) is 55.2 cm³/mol. The van der Waals surface area contributed by atoms with E-state index in [1.165, 1.54) is 18.2 Å². The molecule has 1 atom stereocenters. The third kappa shape index (κ3) is 2.20. The molecule has 1 nitrogen and oxygen atoms in total. The monoisotopic (exact) mass is 268 g/mol. The van der Waals surface area contributed by atoms with Gasteiger partial charge in [-0.1, -0.05) is 12.1 Å². The van der Waals surface area contributed by atoms with Gasteiger partial charge in [0.2, 0.25) is 0 Å². The van der Waals surface area contributed by atoms with E-state index < -0.39 is 17.7 Å². The van der Waals surface area contributed by atoms with Crippen molar-refractivity contribution in [2.45, 2.75) is 24.1 Å². The maximum Gasteiger partial charge on any atom is 0.327 e. The molecule has 1 unspecified atom stereocenters. The van der Waals surface area contributed by atoms with Crippen LogP contribution in [0.2, 0.25) is 0 Å². The number of alkyl halides is 5. The Balaban J connectivity index is 2.29. The molecular weight excluding hydrogens is 260 g/mol. The van der Waals surface area contributed by atoms with E-state index in [4.69, 9.17) is 16.3 Å². The van der Waals surface area contributed by atoms with E-state index >= 15 is 0 Å². The lowest BCUT2D eigenvalue weighted by Crippen LogP contribution is -2.31. The van der Waals surface area contributed by atoms with E-state index in [9.17, 15) is 17.6 Å². The summed E-state index contributed by atoms with van der Waals surface area (Å²) in [6, 6.07) is 4.17. The van der Waals surface area contributed by atoms with Crippen LogP contribution in [0.25, 0.3) is 0 Å². The van der Waals surface area contributed by atoms with E-state index in [2.05, 4.69) is 0 Å². The molecular formula is C11H9ClF4O. The first-order valence-corrected chi connectivity index (χ1v) is 5.42. The number of hydrogen-bond donors (Lipinski definition) is 0. The molecule has 0 saturated carbocycles. The van der Waals surface area contributed by atoms with Crippen LogP contribution in [0.5, 0.6) is 5.75 Å². The predicted octanol–water partition coefficient (Wildman–Crippen LogP) is 3.80. The SMILES string of the molecule is FC(F)C(F)(F)C(Cl)c1ccc2c(c1)CCO2. The van der Waals surface area contributed by atoms with Gasteiger partial charge in [0.25, 0.3) is 0 Å². The number of fused-ring (bicyclic) bond motifs is 1. The fraction of sp³-hybridized carbons (Fsp3) is 0.455. The van der Waals surface area contributed by atoms with E-state index in [1.807, 2.05) is 0 Å². The lowest BCUT2D eigenvalue weighted by atomic mass is 10.0. The van der Waals surface area contributed by atoms with Crippen LogP contribution in [-0.4, -0.2) is 19.0 Å². The summed E-state index contributed by atoms with van der Waals surface area (Å²) in [6.45, 7) is 0.469. The Morgan fingerprint density at radius 2 is 2.00 bits per heavy atom. The molecule has 1 aliphatic heterocycles. The Bertz CT molecular complexity index is 422. The van der Waals surface area contributed by atoms with Gasteiger partial charge in [-0.05, 0) is 17.2 Å². The molecule has 1 aromatic rings. The largest absolute Gasteiger partial charge is 0.493 e. The summed E-state index contributed by atoms with van der Waals surface area (Å²) >= 11 is 5.42. The lowest BCUT2D eigenvalue weighted by molar-refractivity contribution is -0.130. The van der Waals surface area contributed by atoms with Crippen LogP contribution in [-0.2, 0) is 6.42 Å². The molecule has 6 heteroatoms. The topological polar surface area (TPSA) is 9.23 Å². The number of hydrogen-bond acceptors (Lipinski definition) is 1. The molecule has 0 radical (unpaired) electrons.